The lowest BCUT2D eigenvalue weighted by molar-refractivity contribution is 0.641. The van der Waals surface area contributed by atoms with E-state index in [0.29, 0.717) is 11.2 Å². The molecule has 0 spiro atoms. The second-order valence-electron chi connectivity index (χ2n) is 5.36. The lowest BCUT2D eigenvalue weighted by Gasteiger charge is -2.18. The van der Waals surface area contributed by atoms with Crippen LogP contribution < -0.4 is 5.73 Å². The molecular weight excluding hydrogens is 226 g/mol. The normalized spacial score (nSPS) is 15.0. The zero-order valence-corrected chi connectivity index (χ0v) is 12.5. The fourth-order valence-corrected chi connectivity index (χ4v) is 2.78. The van der Waals surface area contributed by atoms with E-state index in [0.717, 1.165) is 6.42 Å². The van der Waals surface area contributed by atoms with Crippen LogP contribution in [-0.4, -0.2) is 11.3 Å². The molecule has 0 aromatic heterocycles. The largest absolute Gasteiger partial charge is 0.328 e. The summed E-state index contributed by atoms with van der Waals surface area (Å²) in [5.41, 5.74) is 8.65. The van der Waals surface area contributed by atoms with Crippen molar-refractivity contribution in [2.45, 2.75) is 57.2 Å². The summed E-state index contributed by atoms with van der Waals surface area (Å²) in [4.78, 5) is 1.40. The van der Waals surface area contributed by atoms with Crippen LogP contribution in [0.2, 0.25) is 0 Å². The van der Waals surface area contributed by atoms with E-state index in [2.05, 4.69) is 52.8 Å². The average molecular weight is 251 g/mol. The van der Waals surface area contributed by atoms with Crippen LogP contribution >= 0.6 is 11.8 Å². The predicted octanol–water partition coefficient (Wildman–Crippen LogP) is 4.02. The van der Waals surface area contributed by atoms with Gasteiger partial charge in [0.25, 0.3) is 0 Å². The molecule has 2 N–H and O–H groups in total. The minimum atomic E-state index is 0.227. The molecule has 0 aliphatic carbocycles. The van der Waals surface area contributed by atoms with Gasteiger partial charge in [0.2, 0.25) is 0 Å². The maximum absolute atomic E-state index is 5.92. The molecule has 0 heterocycles. The van der Waals surface area contributed by atoms with Crippen LogP contribution in [0.15, 0.2) is 23.1 Å². The first-order valence-corrected chi connectivity index (χ1v) is 7.30. The lowest BCUT2D eigenvalue weighted by atomic mass is 10.1. The van der Waals surface area contributed by atoms with E-state index in [1.807, 2.05) is 11.8 Å². The molecule has 1 aromatic rings. The first kappa shape index (κ1) is 14.6. The van der Waals surface area contributed by atoms with Crippen molar-refractivity contribution >= 4 is 11.8 Å². The molecule has 96 valence electrons. The molecule has 2 heteroatoms. The second-order valence-corrected chi connectivity index (χ2v) is 6.78. The van der Waals surface area contributed by atoms with Gasteiger partial charge in [-0.3, -0.25) is 0 Å². The number of hydrogen-bond donors (Lipinski definition) is 1. The van der Waals surface area contributed by atoms with Crippen molar-refractivity contribution in [3.05, 3.63) is 29.3 Å². The van der Waals surface area contributed by atoms with Gasteiger partial charge in [-0.25, -0.2) is 0 Å². The molecule has 0 saturated carbocycles. The molecule has 17 heavy (non-hydrogen) atoms. The Balaban J connectivity index is 2.89. The van der Waals surface area contributed by atoms with Crippen molar-refractivity contribution in [3.63, 3.8) is 0 Å². The van der Waals surface area contributed by atoms with E-state index in [-0.39, 0.29) is 6.04 Å². The molecule has 0 amide bonds. The quantitative estimate of drug-likeness (QED) is 0.800. The Morgan fingerprint density at radius 2 is 1.82 bits per heavy atom. The predicted molar refractivity (Wildman–Crippen MR) is 78.7 cm³/mol. The number of benzene rings is 1. The molecule has 2 unspecified atom stereocenters. The van der Waals surface area contributed by atoms with Crippen LogP contribution in [0.1, 0.15) is 38.8 Å². The van der Waals surface area contributed by atoms with Crippen molar-refractivity contribution in [3.8, 4) is 0 Å². The smallest absolute Gasteiger partial charge is 0.0108 e. The Bertz CT molecular complexity index is 358. The highest BCUT2D eigenvalue weighted by molar-refractivity contribution is 8.00. The fourth-order valence-electron chi connectivity index (χ4n) is 1.67. The summed E-state index contributed by atoms with van der Waals surface area (Å²) in [5, 5.41) is 0.643. The van der Waals surface area contributed by atoms with Gasteiger partial charge in [0.15, 0.2) is 0 Å². The van der Waals surface area contributed by atoms with Gasteiger partial charge in [0.05, 0.1) is 0 Å². The van der Waals surface area contributed by atoms with Crippen LogP contribution in [0.4, 0.5) is 0 Å². The molecule has 0 bridgehead atoms. The van der Waals surface area contributed by atoms with Gasteiger partial charge in [-0.05, 0) is 37.8 Å². The van der Waals surface area contributed by atoms with Gasteiger partial charge in [-0.1, -0.05) is 38.5 Å². The molecule has 1 rings (SSSR count). The Morgan fingerprint density at radius 1 is 1.18 bits per heavy atom. The van der Waals surface area contributed by atoms with Crippen LogP contribution in [0.3, 0.4) is 0 Å². The highest BCUT2D eigenvalue weighted by Gasteiger charge is 2.12. The van der Waals surface area contributed by atoms with Gasteiger partial charge < -0.3 is 5.73 Å². The molecule has 0 radical (unpaired) electrons. The molecule has 0 fully saturated rings. The zero-order valence-electron chi connectivity index (χ0n) is 11.7. The number of hydrogen-bond acceptors (Lipinski definition) is 2. The fraction of sp³-hybridized carbons (Fsp3) is 0.600. The topological polar surface area (TPSA) is 26.0 Å². The summed E-state index contributed by atoms with van der Waals surface area (Å²) in [5.74, 6) is 0.699. The molecule has 2 atom stereocenters. The Morgan fingerprint density at radius 3 is 2.35 bits per heavy atom. The molecule has 0 aliphatic heterocycles. The zero-order chi connectivity index (χ0) is 13.0. The SMILES string of the molecule is Cc1ccc(SC(C)C(C)C)c(CC(C)N)c1. The summed E-state index contributed by atoms with van der Waals surface area (Å²) < 4.78 is 0. The van der Waals surface area contributed by atoms with Gasteiger partial charge >= 0.3 is 0 Å². The van der Waals surface area contributed by atoms with Crippen molar-refractivity contribution in [1.29, 1.82) is 0 Å². The number of rotatable bonds is 5. The van der Waals surface area contributed by atoms with Crippen LogP contribution in [0.5, 0.6) is 0 Å². The van der Waals surface area contributed by atoms with Crippen molar-refractivity contribution < 1.29 is 0 Å². The summed E-state index contributed by atoms with van der Waals surface area (Å²) in [6.45, 7) is 11.1. The van der Waals surface area contributed by atoms with Crippen LogP contribution in [0.25, 0.3) is 0 Å². The summed E-state index contributed by atoms with van der Waals surface area (Å²) in [6.07, 6.45) is 0.967. The maximum Gasteiger partial charge on any atom is 0.0108 e. The van der Waals surface area contributed by atoms with E-state index < -0.39 is 0 Å². The van der Waals surface area contributed by atoms with Gasteiger partial charge in [0.1, 0.15) is 0 Å². The van der Waals surface area contributed by atoms with E-state index >= 15 is 0 Å². The third-order valence-electron chi connectivity index (χ3n) is 3.01. The first-order valence-electron chi connectivity index (χ1n) is 6.42. The maximum atomic E-state index is 5.92. The molecule has 1 aromatic carbocycles. The van der Waals surface area contributed by atoms with Crippen molar-refractivity contribution in [1.82, 2.24) is 0 Å². The minimum Gasteiger partial charge on any atom is -0.328 e. The standard InChI is InChI=1S/C15H25NS/c1-10(2)13(5)17-15-7-6-11(3)8-14(15)9-12(4)16/h6-8,10,12-13H,9,16H2,1-5H3. The molecule has 0 aliphatic rings. The number of aryl methyl sites for hydroxylation is 1. The summed E-state index contributed by atoms with van der Waals surface area (Å²) in [7, 11) is 0. The van der Waals surface area contributed by atoms with E-state index in [1.165, 1.54) is 16.0 Å². The summed E-state index contributed by atoms with van der Waals surface area (Å²) in [6, 6.07) is 6.94. The third kappa shape index (κ3) is 4.72. The Labute approximate surface area is 110 Å². The van der Waals surface area contributed by atoms with Crippen LogP contribution in [0, 0.1) is 12.8 Å². The Kier molecular flexibility index (Phi) is 5.54. The van der Waals surface area contributed by atoms with Gasteiger partial charge in [0, 0.05) is 16.2 Å². The minimum absolute atomic E-state index is 0.227. The second kappa shape index (κ2) is 6.46. The average Bonchev–Trinajstić information content (AvgIpc) is 2.20. The molecule has 0 saturated heterocycles. The van der Waals surface area contributed by atoms with Gasteiger partial charge in [-0.2, -0.15) is 0 Å². The van der Waals surface area contributed by atoms with Crippen LogP contribution in [-0.2, 0) is 6.42 Å². The molecular formula is C15H25NS. The van der Waals surface area contributed by atoms with E-state index in [1.54, 1.807) is 0 Å². The summed E-state index contributed by atoms with van der Waals surface area (Å²) >= 11 is 1.97. The van der Waals surface area contributed by atoms with E-state index in [4.69, 9.17) is 5.73 Å². The van der Waals surface area contributed by atoms with Crippen molar-refractivity contribution in [2.24, 2.45) is 11.7 Å². The monoisotopic (exact) mass is 251 g/mol. The van der Waals surface area contributed by atoms with Gasteiger partial charge in [-0.15, -0.1) is 11.8 Å². The van der Waals surface area contributed by atoms with E-state index in [9.17, 15) is 0 Å². The number of nitrogens with two attached hydrogens (primary N) is 1. The molecule has 1 nitrogen and oxygen atoms in total. The highest BCUT2D eigenvalue weighted by atomic mass is 32.2. The van der Waals surface area contributed by atoms with Crippen molar-refractivity contribution in [2.75, 3.05) is 0 Å². The Hall–Kier alpha value is -0.470. The lowest BCUT2D eigenvalue weighted by Crippen LogP contribution is -2.18. The first-order chi connectivity index (χ1) is 7.90. The number of thioether (sulfide) groups is 1. The highest BCUT2D eigenvalue weighted by Crippen LogP contribution is 2.31. The third-order valence-corrected chi connectivity index (χ3v) is 4.58.